The molecular formula is C22H22N2O5S. The Kier molecular flexibility index (Phi) is 6.27. The van der Waals surface area contributed by atoms with Crippen molar-refractivity contribution in [3.63, 3.8) is 0 Å². The number of rotatable bonds is 7. The lowest BCUT2D eigenvalue weighted by Gasteiger charge is -2.13. The Morgan fingerprint density at radius 1 is 0.833 bits per heavy atom. The maximum absolute atomic E-state index is 12.7. The third-order valence-electron chi connectivity index (χ3n) is 4.46. The highest BCUT2D eigenvalue weighted by molar-refractivity contribution is 7.92. The first-order valence-corrected chi connectivity index (χ1v) is 10.5. The number of hydrogen-bond donors (Lipinski definition) is 2. The molecule has 3 aromatic carbocycles. The first-order valence-electron chi connectivity index (χ1n) is 9.05. The van der Waals surface area contributed by atoms with Crippen molar-refractivity contribution in [1.29, 1.82) is 0 Å². The van der Waals surface area contributed by atoms with E-state index in [4.69, 9.17) is 9.47 Å². The molecule has 3 rings (SSSR count). The van der Waals surface area contributed by atoms with Gasteiger partial charge in [-0.1, -0.05) is 6.07 Å². The van der Waals surface area contributed by atoms with Crippen molar-refractivity contribution in [2.24, 2.45) is 0 Å². The molecule has 0 aliphatic rings. The van der Waals surface area contributed by atoms with Crippen LogP contribution in [0.1, 0.15) is 15.9 Å². The van der Waals surface area contributed by atoms with Gasteiger partial charge in [0.1, 0.15) is 11.5 Å². The predicted molar refractivity (Wildman–Crippen MR) is 116 cm³/mol. The van der Waals surface area contributed by atoms with Gasteiger partial charge in [0.15, 0.2) is 0 Å². The number of carbonyl (C=O) groups excluding carboxylic acids is 1. The van der Waals surface area contributed by atoms with Gasteiger partial charge in [-0.05, 0) is 73.2 Å². The molecular weight excluding hydrogens is 404 g/mol. The van der Waals surface area contributed by atoms with Crippen LogP contribution in [-0.2, 0) is 10.0 Å². The first-order chi connectivity index (χ1) is 14.3. The van der Waals surface area contributed by atoms with Gasteiger partial charge in [-0.25, -0.2) is 8.42 Å². The fraction of sp³-hybridized carbons (Fsp3) is 0.136. The average Bonchev–Trinajstić information content (AvgIpc) is 2.75. The molecule has 0 unspecified atom stereocenters. The summed E-state index contributed by atoms with van der Waals surface area (Å²) >= 11 is 0. The highest BCUT2D eigenvalue weighted by Crippen LogP contribution is 2.23. The summed E-state index contributed by atoms with van der Waals surface area (Å²) in [5.41, 5.74) is 1.94. The Morgan fingerprint density at radius 3 is 1.97 bits per heavy atom. The summed E-state index contributed by atoms with van der Waals surface area (Å²) in [5.74, 6) is 0.881. The van der Waals surface area contributed by atoms with Crippen LogP contribution >= 0.6 is 0 Å². The van der Waals surface area contributed by atoms with E-state index < -0.39 is 10.0 Å². The summed E-state index contributed by atoms with van der Waals surface area (Å²) in [6, 6.07) is 17.8. The number of benzene rings is 3. The Bertz CT molecular complexity index is 1140. The van der Waals surface area contributed by atoms with Crippen molar-refractivity contribution in [2.75, 3.05) is 24.3 Å². The lowest BCUT2D eigenvalue weighted by Crippen LogP contribution is -2.16. The fourth-order valence-electron chi connectivity index (χ4n) is 2.71. The number of hydrogen-bond acceptors (Lipinski definition) is 5. The minimum Gasteiger partial charge on any atom is -0.497 e. The summed E-state index contributed by atoms with van der Waals surface area (Å²) in [7, 11) is -0.750. The van der Waals surface area contributed by atoms with Crippen LogP contribution in [0.3, 0.4) is 0 Å². The predicted octanol–water partition coefficient (Wildman–Crippen LogP) is 4.07. The number of methoxy groups -OCH3 is 2. The molecule has 0 aliphatic heterocycles. The van der Waals surface area contributed by atoms with Gasteiger partial charge in [-0.3, -0.25) is 9.52 Å². The summed E-state index contributed by atoms with van der Waals surface area (Å²) in [6.45, 7) is 1.76. The highest BCUT2D eigenvalue weighted by Gasteiger charge is 2.17. The zero-order valence-electron chi connectivity index (χ0n) is 16.8. The minimum atomic E-state index is -3.82. The van der Waals surface area contributed by atoms with Gasteiger partial charge < -0.3 is 14.8 Å². The van der Waals surface area contributed by atoms with E-state index in [1.807, 2.05) is 0 Å². The molecule has 0 aromatic heterocycles. The van der Waals surface area contributed by atoms with Crippen LogP contribution in [0.15, 0.2) is 71.6 Å². The second-order valence-electron chi connectivity index (χ2n) is 6.49. The van der Waals surface area contributed by atoms with Gasteiger partial charge in [0.05, 0.1) is 24.8 Å². The summed E-state index contributed by atoms with van der Waals surface area (Å²) < 4.78 is 38.1. The van der Waals surface area contributed by atoms with Crippen molar-refractivity contribution in [2.45, 2.75) is 11.8 Å². The third-order valence-corrected chi connectivity index (χ3v) is 5.84. The number of ether oxygens (including phenoxy) is 2. The first kappa shape index (κ1) is 21.2. The highest BCUT2D eigenvalue weighted by atomic mass is 32.2. The molecule has 156 valence electrons. The molecule has 0 aliphatic carbocycles. The monoisotopic (exact) mass is 426 g/mol. The quantitative estimate of drug-likeness (QED) is 0.594. The maximum Gasteiger partial charge on any atom is 0.261 e. The van der Waals surface area contributed by atoms with Gasteiger partial charge in [0, 0.05) is 11.3 Å². The van der Waals surface area contributed by atoms with E-state index in [9.17, 15) is 13.2 Å². The molecule has 0 fully saturated rings. The zero-order chi connectivity index (χ0) is 21.7. The maximum atomic E-state index is 12.7. The average molecular weight is 426 g/mol. The molecule has 3 aromatic rings. The van der Waals surface area contributed by atoms with E-state index in [2.05, 4.69) is 10.0 Å². The molecule has 2 N–H and O–H groups in total. The van der Waals surface area contributed by atoms with E-state index in [-0.39, 0.29) is 10.8 Å². The van der Waals surface area contributed by atoms with Gasteiger partial charge in [0.25, 0.3) is 15.9 Å². The lowest BCUT2D eigenvalue weighted by atomic mass is 10.1. The molecule has 0 radical (unpaired) electrons. The lowest BCUT2D eigenvalue weighted by molar-refractivity contribution is 0.102. The molecule has 0 atom stereocenters. The summed E-state index contributed by atoms with van der Waals surface area (Å²) in [4.78, 5) is 12.7. The molecule has 0 heterocycles. The van der Waals surface area contributed by atoms with Crippen LogP contribution in [0.2, 0.25) is 0 Å². The van der Waals surface area contributed by atoms with Crippen LogP contribution in [0.4, 0.5) is 11.4 Å². The van der Waals surface area contributed by atoms with Crippen molar-refractivity contribution in [3.8, 4) is 11.5 Å². The smallest absolute Gasteiger partial charge is 0.261 e. The Morgan fingerprint density at radius 2 is 1.40 bits per heavy atom. The van der Waals surface area contributed by atoms with Gasteiger partial charge >= 0.3 is 0 Å². The number of carbonyl (C=O) groups is 1. The summed E-state index contributed by atoms with van der Waals surface area (Å²) in [6.07, 6.45) is 0. The number of aryl methyl sites for hydroxylation is 1. The van der Waals surface area contributed by atoms with Crippen molar-refractivity contribution in [3.05, 3.63) is 77.9 Å². The van der Waals surface area contributed by atoms with Crippen LogP contribution in [-0.4, -0.2) is 28.5 Å². The van der Waals surface area contributed by atoms with Gasteiger partial charge in [0.2, 0.25) is 0 Å². The zero-order valence-corrected chi connectivity index (χ0v) is 17.6. The molecule has 1 amide bonds. The number of anilines is 2. The standard InChI is InChI=1S/C22H22N2O5S/c1-15-4-5-16(22(25)23-17-6-8-18(28-2)9-7-17)14-21(15)24-30(26,27)20-12-10-19(29-3)11-13-20/h4-14,24H,1-3H3,(H,23,25). The third kappa shape index (κ3) is 4.90. The van der Waals surface area contributed by atoms with Crippen LogP contribution in [0.25, 0.3) is 0 Å². The molecule has 7 nitrogen and oxygen atoms in total. The second kappa shape index (κ2) is 8.87. The van der Waals surface area contributed by atoms with Crippen molar-refractivity contribution < 1.29 is 22.7 Å². The largest absolute Gasteiger partial charge is 0.497 e. The van der Waals surface area contributed by atoms with Crippen LogP contribution in [0, 0.1) is 6.92 Å². The van der Waals surface area contributed by atoms with E-state index in [0.717, 1.165) is 0 Å². The van der Waals surface area contributed by atoms with E-state index >= 15 is 0 Å². The molecule has 0 saturated heterocycles. The van der Waals surface area contributed by atoms with Crippen molar-refractivity contribution >= 4 is 27.3 Å². The Hall–Kier alpha value is -3.52. The molecule has 0 bridgehead atoms. The SMILES string of the molecule is COc1ccc(NC(=O)c2ccc(C)c(NS(=O)(=O)c3ccc(OC)cc3)c2)cc1. The second-order valence-corrected chi connectivity index (χ2v) is 8.18. The Labute approximate surface area is 175 Å². The number of nitrogens with one attached hydrogen (secondary N) is 2. The Balaban J connectivity index is 1.80. The van der Waals surface area contributed by atoms with E-state index in [0.29, 0.717) is 34.0 Å². The molecule has 0 saturated carbocycles. The molecule has 8 heteroatoms. The summed E-state index contributed by atoms with van der Waals surface area (Å²) in [5, 5.41) is 2.78. The topological polar surface area (TPSA) is 93.7 Å². The molecule has 30 heavy (non-hydrogen) atoms. The van der Waals surface area contributed by atoms with Crippen LogP contribution < -0.4 is 19.5 Å². The number of amides is 1. The van der Waals surface area contributed by atoms with Crippen molar-refractivity contribution in [1.82, 2.24) is 0 Å². The molecule has 0 spiro atoms. The van der Waals surface area contributed by atoms with E-state index in [1.54, 1.807) is 62.6 Å². The minimum absolute atomic E-state index is 0.0933. The van der Waals surface area contributed by atoms with E-state index in [1.165, 1.54) is 25.3 Å². The van der Waals surface area contributed by atoms with Gasteiger partial charge in [-0.2, -0.15) is 0 Å². The normalized spacial score (nSPS) is 10.9. The number of sulfonamides is 1. The fourth-order valence-corrected chi connectivity index (χ4v) is 3.83. The van der Waals surface area contributed by atoms with Crippen LogP contribution in [0.5, 0.6) is 11.5 Å². The van der Waals surface area contributed by atoms with Gasteiger partial charge in [-0.15, -0.1) is 0 Å².